The molecule has 124 valence electrons. The molecule has 0 spiro atoms. The number of halogens is 1. The highest BCUT2D eigenvalue weighted by molar-refractivity contribution is 9.15. The van der Waals surface area contributed by atoms with Crippen molar-refractivity contribution in [3.05, 3.63) is 70.8 Å². The third kappa shape index (κ3) is 3.32. The molecule has 2 aromatic rings. The van der Waals surface area contributed by atoms with Crippen LogP contribution in [0.15, 0.2) is 48.5 Å². The zero-order valence-electron chi connectivity index (χ0n) is 14.2. The van der Waals surface area contributed by atoms with E-state index in [0.717, 1.165) is 46.3 Å². The standard InChI is InChI=1S/C21H22BrNO/c1-3-4-13-23-19(24)14-17-7-5-6-8-18(17)20(22)21(23)16-11-9-15(2)10-12-16/h5-12H,3-4,13-14H2,1-2H3. The highest BCUT2D eigenvalue weighted by Crippen LogP contribution is 2.38. The third-order valence-corrected chi connectivity index (χ3v) is 5.24. The molecule has 0 saturated heterocycles. The van der Waals surface area contributed by atoms with Crippen molar-refractivity contribution >= 4 is 32.0 Å². The van der Waals surface area contributed by atoms with E-state index in [1.54, 1.807) is 0 Å². The molecule has 2 aromatic carbocycles. The van der Waals surface area contributed by atoms with E-state index < -0.39 is 0 Å². The van der Waals surface area contributed by atoms with Crippen molar-refractivity contribution in [2.24, 2.45) is 0 Å². The van der Waals surface area contributed by atoms with Crippen LogP contribution in [-0.4, -0.2) is 17.4 Å². The van der Waals surface area contributed by atoms with Gasteiger partial charge in [-0.25, -0.2) is 0 Å². The molecule has 1 aliphatic heterocycles. The van der Waals surface area contributed by atoms with Gasteiger partial charge in [-0.15, -0.1) is 0 Å². The smallest absolute Gasteiger partial charge is 0.231 e. The van der Waals surface area contributed by atoms with Gasteiger partial charge < -0.3 is 4.90 Å². The van der Waals surface area contributed by atoms with Crippen molar-refractivity contribution in [1.29, 1.82) is 0 Å². The Balaban J connectivity index is 2.18. The molecule has 0 radical (unpaired) electrons. The second kappa shape index (κ2) is 7.35. The molecule has 0 aliphatic carbocycles. The molecule has 2 nitrogen and oxygen atoms in total. The molecule has 24 heavy (non-hydrogen) atoms. The van der Waals surface area contributed by atoms with Gasteiger partial charge in [-0.1, -0.05) is 67.4 Å². The number of unbranched alkanes of at least 4 members (excludes halogenated alkanes) is 1. The van der Waals surface area contributed by atoms with Gasteiger partial charge in [-0.2, -0.15) is 0 Å². The first-order chi connectivity index (χ1) is 11.6. The average molecular weight is 384 g/mol. The average Bonchev–Trinajstić information content (AvgIpc) is 2.69. The molecular weight excluding hydrogens is 362 g/mol. The minimum absolute atomic E-state index is 0.168. The van der Waals surface area contributed by atoms with E-state index in [1.165, 1.54) is 5.56 Å². The maximum Gasteiger partial charge on any atom is 0.231 e. The molecule has 0 atom stereocenters. The second-order valence-corrected chi connectivity index (χ2v) is 7.05. The molecule has 1 aliphatic rings. The highest BCUT2D eigenvalue weighted by atomic mass is 79.9. The monoisotopic (exact) mass is 383 g/mol. The number of hydrogen-bond acceptors (Lipinski definition) is 1. The van der Waals surface area contributed by atoms with Gasteiger partial charge in [0.25, 0.3) is 0 Å². The lowest BCUT2D eigenvalue weighted by atomic mass is 10.0. The Morgan fingerprint density at radius 3 is 2.50 bits per heavy atom. The van der Waals surface area contributed by atoms with Gasteiger partial charge in [-0.05, 0) is 46.0 Å². The van der Waals surface area contributed by atoms with Crippen molar-refractivity contribution in [3.63, 3.8) is 0 Å². The maximum absolute atomic E-state index is 13.0. The number of nitrogens with zero attached hydrogens (tertiary/aromatic N) is 1. The molecule has 0 N–H and O–H groups in total. The maximum atomic E-state index is 13.0. The number of aryl methyl sites for hydroxylation is 1. The van der Waals surface area contributed by atoms with Crippen LogP contribution in [0, 0.1) is 6.92 Å². The minimum Gasteiger partial charge on any atom is -0.310 e. The van der Waals surface area contributed by atoms with E-state index in [9.17, 15) is 4.79 Å². The SMILES string of the molecule is CCCCN1C(=O)Cc2ccccc2C(Br)=C1c1ccc(C)cc1. The molecule has 0 bridgehead atoms. The lowest BCUT2D eigenvalue weighted by Gasteiger charge is -2.25. The van der Waals surface area contributed by atoms with Crippen LogP contribution >= 0.6 is 15.9 Å². The quantitative estimate of drug-likeness (QED) is 0.691. The van der Waals surface area contributed by atoms with Crippen LogP contribution in [0.5, 0.6) is 0 Å². The molecular formula is C21H22BrNO. The van der Waals surface area contributed by atoms with Crippen LogP contribution in [0.1, 0.15) is 42.0 Å². The minimum atomic E-state index is 0.168. The Kier molecular flexibility index (Phi) is 5.20. The summed E-state index contributed by atoms with van der Waals surface area (Å²) in [5, 5.41) is 0. The first-order valence-corrected chi connectivity index (χ1v) is 9.26. The predicted octanol–water partition coefficient (Wildman–Crippen LogP) is 5.40. The fourth-order valence-electron chi connectivity index (χ4n) is 3.06. The molecule has 1 heterocycles. The van der Waals surface area contributed by atoms with Crippen molar-refractivity contribution < 1.29 is 4.79 Å². The molecule has 0 unspecified atom stereocenters. The Morgan fingerprint density at radius 2 is 1.79 bits per heavy atom. The summed E-state index contributed by atoms with van der Waals surface area (Å²) < 4.78 is 1.00. The number of fused-ring (bicyclic) bond motifs is 1. The van der Waals surface area contributed by atoms with Gasteiger partial charge in [0.2, 0.25) is 5.91 Å². The summed E-state index contributed by atoms with van der Waals surface area (Å²) in [4.78, 5) is 14.9. The van der Waals surface area contributed by atoms with E-state index in [1.807, 2.05) is 23.1 Å². The summed E-state index contributed by atoms with van der Waals surface area (Å²) >= 11 is 3.80. The second-order valence-electron chi connectivity index (χ2n) is 6.26. The van der Waals surface area contributed by atoms with Crippen LogP contribution in [0.4, 0.5) is 0 Å². The first kappa shape index (κ1) is 17.0. The Bertz CT molecular complexity index is 777. The number of rotatable bonds is 4. The van der Waals surface area contributed by atoms with Gasteiger partial charge >= 0.3 is 0 Å². The topological polar surface area (TPSA) is 20.3 Å². The van der Waals surface area contributed by atoms with Gasteiger partial charge in [-0.3, -0.25) is 4.79 Å². The largest absolute Gasteiger partial charge is 0.310 e. The Hall–Kier alpha value is -1.87. The fourth-order valence-corrected chi connectivity index (χ4v) is 3.89. The summed E-state index contributed by atoms with van der Waals surface area (Å²) in [6, 6.07) is 16.6. The first-order valence-electron chi connectivity index (χ1n) is 8.47. The zero-order chi connectivity index (χ0) is 17.1. The van der Waals surface area contributed by atoms with Crippen LogP contribution in [-0.2, 0) is 11.2 Å². The fraction of sp³-hybridized carbons (Fsp3) is 0.286. The van der Waals surface area contributed by atoms with E-state index in [4.69, 9.17) is 0 Å². The van der Waals surface area contributed by atoms with Crippen molar-refractivity contribution in [3.8, 4) is 0 Å². The van der Waals surface area contributed by atoms with Crippen molar-refractivity contribution in [2.75, 3.05) is 6.54 Å². The van der Waals surface area contributed by atoms with Crippen molar-refractivity contribution in [1.82, 2.24) is 4.90 Å². The number of carbonyl (C=O) groups excluding carboxylic acids is 1. The number of benzene rings is 2. The molecule has 0 fully saturated rings. The molecule has 3 rings (SSSR count). The third-order valence-electron chi connectivity index (χ3n) is 4.43. The molecule has 3 heteroatoms. The van der Waals surface area contributed by atoms with Gasteiger partial charge in [0.1, 0.15) is 0 Å². The number of hydrogen-bond donors (Lipinski definition) is 0. The van der Waals surface area contributed by atoms with Gasteiger partial charge in [0.15, 0.2) is 0 Å². The Labute approximate surface area is 152 Å². The van der Waals surface area contributed by atoms with E-state index in [0.29, 0.717) is 6.42 Å². The van der Waals surface area contributed by atoms with E-state index in [-0.39, 0.29) is 5.91 Å². The zero-order valence-corrected chi connectivity index (χ0v) is 15.8. The summed E-state index contributed by atoms with van der Waals surface area (Å²) in [5.74, 6) is 0.168. The van der Waals surface area contributed by atoms with Gasteiger partial charge in [0.05, 0.1) is 12.1 Å². The molecule has 0 aromatic heterocycles. The predicted molar refractivity (Wildman–Crippen MR) is 104 cm³/mol. The van der Waals surface area contributed by atoms with Crippen LogP contribution in [0.25, 0.3) is 10.2 Å². The van der Waals surface area contributed by atoms with Crippen LogP contribution in [0.3, 0.4) is 0 Å². The molecule has 1 amide bonds. The summed E-state index contributed by atoms with van der Waals surface area (Å²) in [7, 11) is 0. The van der Waals surface area contributed by atoms with E-state index >= 15 is 0 Å². The normalized spacial score (nSPS) is 14.6. The lowest BCUT2D eigenvalue weighted by Crippen LogP contribution is -2.31. The van der Waals surface area contributed by atoms with E-state index in [2.05, 4.69) is 60.1 Å². The summed E-state index contributed by atoms with van der Waals surface area (Å²) in [6.45, 7) is 4.98. The Morgan fingerprint density at radius 1 is 1.08 bits per heavy atom. The summed E-state index contributed by atoms with van der Waals surface area (Å²) in [6.07, 6.45) is 2.51. The lowest BCUT2D eigenvalue weighted by molar-refractivity contribution is -0.127. The molecule has 0 saturated carbocycles. The number of carbonyl (C=O) groups is 1. The van der Waals surface area contributed by atoms with Crippen LogP contribution < -0.4 is 0 Å². The van der Waals surface area contributed by atoms with Crippen molar-refractivity contribution in [2.45, 2.75) is 33.1 Å². The van der Waals surface area contributed by atoms with Crippen LogP contribution in [0.2, 0.25) is 0 Å². The van der Waals surface area contributed by atoms with Gasteiger partial charge in [0, 0.05) is 11.0 Å². The summed E-state index contributed by atoms with van der Waals surface area (Å²) in [5.41, 5.74) is 5.47. The number of amides is 1. The highest BCUT2D eigenvalue weighted by Gasteiger charge is 2.27.